The number of halogens is 3. The smallest absolute Gasteiger partial charge is 0.247 e. The van der Waals surface area contributed by atoms with Crippen molar-refractivity contribution in [3.8, 4) is 0 Å². The Morgan fingerprint density at radius 3 is 2.26 bits per heavy atom. The Hall–Kier alpha value is -1.01. The van der Waals surface area contributed by atoms with Gasteiger partial charge in [-0.15, -0.1) is 11.8 Å². The predicted molar refractivity (Wildman–Crippen MR) is 97.4 cm³/mol. The summed E-state index contributed by atoms with van der Waals surface area (Å²) in [5, 5.41) is 0.329. The van der Waals surface area contributed by atoms with E-state index in [-0.39, 0.29) is 18.2 Å². The maximum absolute atomic E-state index is 12.6. The number of nitrogens with zero attached hydrogens (tertiary/aromatic N) is 1. The molecule has 2 amide bonds. The molecule has 7 heteroatoms. The molecule has 0 aliphatic carbocycles. The number of hydrogen-bond donors (Lipinski definition) is 0. The third-order valence-corrected chi connectivity index (χ3v) is 5.46. The zero-order chi connectivity index (χ0) is 16.6. The zero-order valence-electron chi connectivity index (χ0n) is 11.6. The molecule has 0 saturated carbocycles. The van der Waals surface area contributed by atoms with Gasteiger partial charge < -0.3 is 0 Å². The second-order valence-electron chi connectivity index (χ2n) is 4.96. The summed E-state index contributed by atoms with van der Waals surface area (Å²) in [4.78, 5) is 27.0. The number of amides is 2. The van der Waals surface area contributed by atoms with E-state index in [0.717, 1.165) is 14.3 Å². The molecule has 2 aromatic carbocycles. The van der Waals surface area contributed by atoms with Crippen molar-refractivity contribution in [3.63, 3.8) is 0 Å². The summed E-state index contributed by atoms with van der Waals surface area (Å²) in [7, 11) is 0. The maximum atomic E-state index is 12.6. The van der Waals surface area contributed by atoms with E-state index in [1.54, 1.807) is 18.2 Å². The lowest BCUT2D eigenvalue weighted by molar-refractivity contribution is -0.121. The Bertz CT molecular complexity index is 762. The summed E-state index contributed by atoms with van der Waals surface area (Å²) in [5.41, 5.74) is 0.413. The first kappa shape index (κ1) is 16.8. The summed E-state index contributed by atoms with van der Waals surface area (Å²) in [6, 6.07) is 12.3. The number of anilines is 1. The van der Waals surface area contributed by atoms with Gasteiger partial charge >= 0.3 is 0 Å². The molecule has 0 radical (unpaired) electrons. The molecule has 0 spiro atoms. The van der Waals surface area contributed by atoms with Crippen molar-refractivity contribution in [2.45, 2.75) is 16.6 Å². The third-order valence-electron chi connectivity index (χ3n) is 3.30. The molecule has 23 heavy (non-hydrogen) atoms. The lowest BCUT2D eigenvalue weighted by Crippen LogP contribution is -2.31. The average Bonchev–Trinajstić information content (AvgIpc) is 2.75. The highest BCUT2D eigenvalue weighted by Gasteiger charge is 2.40. The van der Waals surface area contributed by atoms with Crippen LogP contribution in [0.2, 0.25) is 10.0 Å². The van der Waals surface area contributed by atoms with Crippen molar-refractivity contribution in [3.05, 3.63) is 57.0 Å². The number of carbonyl (C=O) groups excluding carboxylic acids is 2. The summed E-state index contributed by atoms with van der Waals surface area (Å²) in [6.45, 7) is 0. The minimum absolute atomic E-state index is 0.156. The molecule has 1 heterocycles. The van der Waals surface area contributed by atoms with Crippen LogP contribution in [0.4, 0.5) is 5.69 Å². The van der Waals surface area contributed by atoms with Gasteiger partial charge in [0.2, 0.25) is 11.8 Å². The molecule has 1 aliphatic heterocycles. The highest BCUT2D eigenvalue weighted by Crippen LogP contribution is 2.36. The SMILES string of the molecule is O=C1C[C@H](Sc2ccc(Br)cc2)C(=O)N1c1cc(Cl)cc(Cl)c1. The van der Waals surface area contributed by atoms with Crippen LogP contribution in [0.5, 0.6) is 0 Å². The number of carbonyl (C=O) groups is 2. The fourth-order valence-electron chi connectivity index (χ4n) is 2.31. The monoisotopic (exact) mass is 429 g/mol. The Labute approximate surface area is 156 Å². The molecular weight excluding hydrogens is 421 g/mol. The lowest BCUT2D eigenvalue weighted by atomic mass is 10.3. The van der Waals surface area contributed by atoms with Gasteiger partial charge in [0.1, 0.15) is 0 Å². The second-order valence-corrected chi connectivity index (χ2v) is 8.02. The zero-order valence-corrected chi connectivity index (χ0v) is 15.5. The maximum Gasteiger partial charge on any atom is 0.247 e. The van der Waals surface area contributed by atoms with Gasteiger partial charge in [0.25, 0.3) is 0 Å². The van der Waals surface area contributed by atoms with Gasteiger partial charge in [-0.2, -0.15) is 0 Å². The molecule has 3 rings (SSSR count). The van der Waals surface area contributed by atoms with Gasteiger partial charge in [0.05, 0.1) is 10.9 Å². The first-order valence-corrected chi connectivity index (χ1v) is 9.12. The van der Waals surface area contributed by atoms with Gasteiger partial charge in [-0.05, 0) is 42.5 Å². The van der Waals surface area contributed by atoms with E-state index in [4.69, 9.17) is 23.2 Å². The van der Waals surface area contributed by atoms with E-state index in [1.807, 2.05) is 24.3 Å². The van der Waals surface area contributed by atoms with Crippen molar-refractivity contribution in [1.29, 1.82) is 0 Å². The average molecular weight is 431 g/mol. The summed E-state index contributed by atoms with van der Waals surface area (Å²) >= 11 is 16.7. The number of benzene rings is 2. The summed E-state index contributed by atoms with van der Waals surface area (Å²) in [6.07, 6.45) is 0.156. The molecule has 0 N–H and O–H groups in total. The summed E-state index contributed by atoms with van der Waals surface area (Å²) in [5.74, 6) is -0.496. The Morgan fingerprint density at radius 2 is 1.65 bits per heavy atom. The van der Waals surface area contributed by atoms with Crippen LogP contribution < -0.4 is 4.90 Å². The third kappa shape index (κ3) is 3.74. The van der Waals surface area contributed by atoms with E-state index in [2.05, 4.69) is 15.9 Å². The lowest BCUT2D eigenvalue weighted by Gasteiger charge is -2.15. The van der Waals surface area contributed by atoms with E-state index >= 15 is 0 Å². The number of rotatable bonds is 3. The van der Waals surface area contributed by atoms with Crippen molar-refractivity contribution in [2.24, 2.45) is 0 Å². The highest BCUT2D eigenvalue weighted by atomic mass is 79.9. The van der Waals surface area contributed by atoms with Crippen molar-refractivity contribution < 1.29 is 9.59 Å². The van der Waals surface area contributed by atoms with E-state index in [1.165, 1.54) is 11.8 Å². The highest BCUT2D eigenvalue weighted by molar-refractivity contribution is 9.10. The second kappa shape index (κ2) is 6.85. The van der Waals surface area contributed by atoms with Crippen LogP contribution >= 0.6 is 50.9 Å². The van der Waals surface area contributed by atoms with Crippen LogP contribution in [0, 0.1) is 0 Å². The number of imide groups is 1. The Balaban J connectivity index is 1.83. The Morgan fingerprint density at radius 1 is 1.04 bits per heavy atom. The van der Waals surface area contributed by atoms with Crippen molar-refractivity contribution in [2.75, 3.05) is 4.90 Å². The fraction of sp³-hybridized carbons (Fsp3) is 0.125. The van der Waals surface area contributed by atoms with Gasteiger partial charge in [0, 0.05) is 25.8 Å². The number of thioether (sulfide) groups is 1. The largest absolute Gasteiger partial charge is 0.274 e. The molecule has 1 aliphatic rings. The van der Waals surface area contributed by atoms with E-state index in [9.17, 15) is 9.59 Å². The summed E-state index contributed by atoms with van der Waals surface area (Å²) < 4.78 is 0.964. The van der Waals surface area contributed by atoms with Crippen LogP contribution in [-0.2, 0) is 9.59 Å². The molecule has 118 valence electrons. The van der Waals surface area contributed by atoms with Gasteiger partial charge in [-0.3, -0.25) is 9.59 Å². The van der Waals surface area contributed by atoms with Gasteiger partial charge in [-0.25, -0.2) is 4.90 Å². The van der Waals surface area contributed by atoms with Crippen LogP contribution in [-0.4, -0.2) is 17.1 Å². The van der Waals surface area contributed by atoms with E-state index < -0.39 is 5.25 Å². The minimum atomic E-state index is -0.443. The molecule has 3 nitrogen and oxygen atoms in total. The molecular formula is C16H10BrCl2NO2S. The molecule has 0 bridgehead atoms. The topological polar surface area (TPSA) is 37.4 Å². The van der Waals surface area contributed by atoms with Crippen molar-refractivity contribution in [1.82, 2.24) is 0 Å². The fourth-order valence-corrected chi connectivity index (χ4v) is 4.15. The normalized spacial score (nSPS) is 17.9. The quantitative estimate of drug-likeness (QED) is 0.629. The van der Waals surface area contributed by atoms with Crippen LogP contribution in [0.1, 0.15) is 6.42 Å². The molecule has 2 aromatic rings. The van der Waals surface area contributed by atoms with E-state index in [0.29, 0.717) is 15.7 Å². The first-order valence-electron chi connectivity index (χ1n) is 6.69. The van der Waals surface area contributed by atoms with Crippen molar-refractivity contribution >= 4 is 68.4 Å². The van der Waals surface area contributed by atoms with Crippen LogP contribution in [0.15, 0.2) is 51.8 Å². The number of hydrogen-bond acceptors (Lipinski definition) is 3. The molecule has 1 atom stereocenters. The Kier molecular flexibility index (Phi) is 5.01. The first-order chi connectivity index (χ1) is 10.9. The standard InChI is InChI=1S/C16H10BrCl2NO2S/c17-9-1-3-13(4-2-9)23-14-8-15(21)20(16(14)22)12-6-10(18)5-11(19)7-12/h1-7,14H,8H2/t14-/m0/s1. The minimum Gasteiger partial charge on any atom is -0.274 e. The molecule has 0 aromatic heterocycles. The molecule has 1 saturated heterocycles. The van der Waals surface area contributed by atoms with Gasteiger partial charge in [0.15, 0.2) is 0 Å². The van der Waals surface area contributed by atoms with Crippen LogP contribution in [0.25, 0.3) is 0 Å². The molecule has 0 unspecified atom stereocenters. The van der Waals surface area contributed by atoms with Gasteiger partial charge in [-0.1, -0.05) is 39.1 Å². The van der Waals surface area contributed by atoms with Crippen LogP contribution in [0.3, 0.4) is 0 Å². The predicted octanol–water partition coefficient (Wildman–Crippen LogP) is 5.18. The molecule has 1 fully saturated rings.